The summed E-state index contributed by atoms with van der Waals surface area (Å²) in [6, 6.07) is 11.9. The number of aromatic nitrogens is 2. The van der Waals surface area contributed by atoms with Crippen molar-refractivity contribution in [2.24, 2.45) is 5.16 Å². The Morgan fingerprint density at radius 1 is 1.00 bits per heavy atom. The van der Waals surface area contributed by atoms with Crippen molar-refractivity contribution in [2.75, 3.05) is 0 Å². The maximum absolute atomic E-state index is 12.6. The van der Waals surface area contributed by atoms with Crippen LogP contribution >= 0.6 is 0 Å². The number of aryl methyl sites for hydroxylation is 1. The number of alkyl halides is 3. The molecule has 0 atom stereocenters. The number of benzene rings is 2. The van der Waals surface area contributed by atoms with E-state index in [9.17, 15) is 13.2 Å². The maximum Gasteiger partial charge on any atom is 0.416 e. The summed E-state index contributed by atoms with van der Waals surface area (Å²) < 4.78 is 48.5. The van der Waals surface area contributed by atoms with Crippen LogP contribution in [0.3, 0.4) is 0 Å². The summed E-state index contributed by atoms with van der Waals surface area (Å²) >= 11 is 0. The Hall–Kier alpha value is -3.36. The van der Waals surface area contributed by atoms with Gasteiger partial charge in [-0.1, -0.05) is 17.3 Å². The molecule has 0 aliphatic rings. The number of ether oxygens (including phenoxy) is 1. The van der Waals surface area contributed by atoms with Crippen LogP contribution in [0.1, 0.15) is 35.4 Å². The van der Waals surface area contributed by atoms with Crippen molar-refractivity contribution >= 4 is 5.71 Å². The molecule has 3 aromatic rings. The van der Waals surface area contributed by atoms with Crippen molar-refractivity contribution in [2.45, 2.75) is 33.2 Å². The fourth-order valence-corrected chi connectivity index (χ4v) is 2.38. The minimum atomic E-state index is -4.35. The zero-order valence-corrected chi connectivity index (χ0v) is 15.7. The first-order chi connectivity index (χ1) is 13.8. The Balaban J connectivity index is 1.51. The summed E-state index contributed by atoms with van der Waals surface area (Å²) in [4.78, 5) is 5.25. The number of halogens is 3. The van der Waals surface area contributed by atoms with E-state index in [4.69, 9.17) is 14.0 Å². The zero-order chi connectivity index (χ0) is 20.9. The van der Waals surface area contributed by atoms with E-state index in [0.29, 0.717) is 28.8 Å². The summed E-state index contributed by atoms with van der Waals surface area (Å²) in [5.74, 6) is 1.49. The third-order valence-electron chi connectivity index (χ3n) is 3.92. The first-order valence-electron chi connectivity index (χ1n) is 8.66. The van der Waals surface area contributed by atoms with Crippen LogP contribution in [0.2, 0.25) is 0 Å². The second kappa shape index (κ2) is 8.76. The molecule has 2 aromatic carbocycles. The van der Waals surface area contributed by atoms with Gasteiger partial charge in [-0.25, -0.2) is 0 Å². The molecule has 0 saturated heterocycles. The second-order valence-electron chi connectivity index (χ2n) is 6.17. The molecule has 0 radical (unpaired) electrons. The minimum Gasteiger partial charge on any atom is -0.484 e. The van der Waals surface area contributed by atoms with Crippen LogP contribution in [0.5, 0.6) is 5.75 Å². The van der Waals surface area contributed by atoms with Crippen LogP contribution < -0.4 is 4.74 Å². The molecule has 9 heteroatoms. The molecule has 0 unspecified atom stereocenters. The van der Waals surface area contributed by atoms with E-state index in [1.807, 2.05) is 12.1 Å². The van der Waals surface area contributed by atoms with Gasteiger partial charge >= 0.3 is 6.18 Å². The summed E-state index contributed by atoms with van der Waals surface area (Å²) in [5.41, 5.74) is 1.33. The van der Waals surface area contributed by atoms with E-state index in [0.717, 1.165) is 17.7 Å². The van der Waals surface area contributed by atoms with E-state index >= 15 is 0 Å². The van der Waals surface area contributed by atoms with Gasteiger partial charge in [0, 0.05) is 6.92 Å². The minimum absolute atomic E-state index is 0.0697. The molecule has 152 valence electrons. The molecule has 3 rings (SSSR count). The quantitative estimate of drug-likeness (QED) is 0.412. The summed E-state index contributed by atoms with van der Waals surface area (Å²) in [5, 5.41) is 11.6. The Kier molecular flexibility index (Phi) is 6.16. The van der Waals surface area contributed by atoms with Gasteiger partial charge in [0.2, 0.25) is 5.89 Å². The molecule has 0 aliphatic heterocycles. The smallest absolute Gasteiger partial charge is 0.416 e. The van der Waals surface area contributed by atoms with Crippen molar-refractivity contribution in [3.05, 3.63) is 77.0 Å². The first-order valence-corrected chi connectivity index (χ1v) is 8.66. The summed E-state index contributed by atoms with van der Waals surface area (Å²) in [6.45, 7) is 3.71. The number of hydrogen-bond donors (Lipinski definition) is 0. The highest BCUT2D eigenvalue weighted by Crippen LogP contribution is 2.29. The predicted octanol–water partition coefficient (Wildman–Crippen LogP) is 4.92. The third kappa shape index (κ3) is 5.81. The Labute approximate surface area is 165 Å². The normalized spacial score (nSPS) is 12.1. The van der Waals surface area contributed by atoms with Gasteiger partial charge in [0.05, 0.1) is 11.3 Å². The van der Waals surface area contributed by atoms with Crippen molar-refractivity contribution in [1.82, 2.24) is 10.2 Å². The average molecular weight is 405 g/mol. The largest absolute Gasteiger partial charge is 0.484 e. The van der Waals surface area contributed by atoms with Gasteiger partial charge in [0.1, 0.15) is 12.4 Å². The van der Waals surface area contributed by atoms with Crippen molar-refractivity contribution in [3.63, 3.8) is 0 Å². The number of nitrogens with zero attached hydrogens (tertiary/aromatic N) is 3. The van der Waals surface area contributed by atoms with Crippen molar-refractivity contribution < 1.29 is 27.2 Å². The van der Waals surface area contributed by atoms with Crippen LogP contribution in [0.15, 0.2) is 58.1 Å². The third-order valence-corrected chi connectivity index (χ3v) is 3.92. The van der Waals surface area contributed by atoms with Gasteiger partial charge in [-0.2, -0.15) is 13.2 Å². The molecular weight excluding hydrogens is 387 g/mol. The van der Waals surface area contributed by atoms with E-state index in [1.165, 1.54) is 12.1 Å². The van der Waals surface area contributed by atoms with E-state index in [-0.39, 0.29) is 13.2 Å². The lowest BCUT2D eigenvalue weighted by molar-refractivity contribution is -0.137. The number of hydrogen-bond acceptors (Lipinski definition) is 6. The molecule has 29 heavy (non-hydrogen) atoms. The molecule has 0 fully saturated rings. The fourth-order valence-electron chi connectivity index (χ4n) is 2.38. The molecule has 0 aliphatic carbocycles. The van der Waals surface area contributed by atoms with Gasteiger partial charge in [0.25, 0.3) is 5.89 Å². The molecule has 0 N–H and O–H groups in total. The van der Waals surface area contributed by atoms with Crippen LogP contribution in [0.4, 0.5) is 13.2 Å². The van der Waals surface area contributed by atoms with Crippen LogP contribution in [0.25, 0.3) is 0 Å². The van der Waals surface area contributed by atoms with Crippen molar-refractivity contribution in [3.8, 4) is 5.75 Å². The van der Waals surface area contributed by atoms with Crippen LogP contribution in [-0.2, 0) is 24.2 Å². The standard InChI is InChI=1S/C20H18F3N3O3/c1-13(26-28-11-15-3-7-17(8-4-15)20(21,22)23)16-5-9-18(10-6-16)27-12-19-25-24-14(2)29-19/h3-10H,11-12H2,1-2H3. The summed E-state index contributed by atoms with van der Waals surface area (Å²) in [6.07, 6.45) is -4.35. The van der Waals surface area contributed by atoms with E-state index < -0.39 is 11.7 Å². The lowest BCUT2D eigenvalue weighted by Crippen LogP contribution is -2.04. The molecule has 0 saturated carbocycles. The Morgan fingerprint density at radius 3 is 2.28 bits per heavy atom. The van der Waals surface area contributed by atoms with E-state index in [2.05, 4.69) is 15.4 Å². The zero-order valence-electron chi connectivity index (χ0n) is 15.7. The van der Waals surface area contributed by atoms with E-state index in [1.54, 1.807) is 26.0 Å². The molecule has 1 aromatic heterocycles. The summed E-state index contributed by atoms with van der Waals surface area (Å²) in [7, 11) is 0. The van der Waals surface area contributed by atoms with Crippen molar-refractivity contribution in [1.29, 1.82) is 0 Å². The number of rotatable bonds is 7. The Bertz CT molecular complexity index is 965. The highest BCUT2D eigenvalue weighted by atomic mass is 19.4. The molecule has 6 nitrogen and oxygen atoms in total. The van der Waals surface area contributed by atoms with Gasteiger partial charge in [-0.3, -0.25) is 0 Å². The molecule has 1 heterocycles. The molecular formula is C20H18F3N3O3. The molecule has 0 spiro atoms. The average Bonchev–Trinajstić information content (AvgIpc) is 3.11. The van der Waals surface area contributed by atoms with Crippen LogP contribution in [-0.4, -0.2) is 15.9 Å². The molecule has 0 amide bonds. The first kappa shape index (κ1) is 20.4. The fraction of sp³-hybridized carbons (Fsp3) is 0.250. The highest BCUT2D eigenvalue weighted by molar-refractivity contribution is 5.98. The molecule has 0 bridgehead atoms. The predicted molar refractivity (Wildman–Crippen MR) is 98.3 cm³/mol. The Morgan fingerprint density at radius 2 is 1.69 bits per heavy atom. The lowest BCUT2D eigenvalue weighted by Gasteiger charge is -2.08. The van der Waals surface area contributed by atoms with Gasteiger partial charge in [-0.05, 0) is 54.4 Å². The number of oxime groups is 1. The lowest BCUT2D eigenvalue weighted by atomic mass is 10.1. The van der Waals surface area contributed by atoms with Crippen LogP contribution in [0, 0.1) is 6.92 Å². The van der Waals surface area contributed by atoms with Gasteiger partial charge in [0.15, 0.2) is 6.61 Å². The highest BCUT2D eigenvalue weighted by Gasteiger charge is 2.29. The maximum atomic E-state index is 12.6. The van der Waals surface area contributed by atoms with Gasteiger partial charge < -0.3 is 14.0 Å². The monoisotopic (exact) mass is 405 g/mol. The topological polar surface area (TPSA) is 69.7 Å². The SMILES string of the molecule is CC(=NOCc1ccc(C(F)(F)F)cc1)c1ccc(OCc2nnc(C)o2)cc1. The second-order valence-corrected chi connectivity index (χ2v) is 6.17. The van der Waals surface area contributed by atoms with Gasteiger partial charge in [-0.15, -0.1) is 10.2 Å².